The van der Waals surface area contributed by atoms with Gasteiger partial charge in [0, 0.05) is 25.5 Å². The second kappa shape index (κ2) is 32.2. The van der Waals surface area contributed by atoms with Crippen LogP contribution in [0, 0.1) is 5.92 Å². The predicted octanol–water partition coefficient (Wildman–Crippen LogP) is 7.25. The van der Waals surface area contributed by atoms with Gasteiger partial charge in [-0.1, -0.05) is 115 Å². The van der Waals surface area contributed by atoms with Crippen LogP contribution in [-0.2, 0) is 51.1 Å². The molecule has 6 N–H and O–H groups in total. The monoisotopic (exact) mass is 959 g/mol. The van der Waals surface area contributed by atoms with E-state index in [4.69, 9.17) is 29.0 Å². The summed E-state index contributed by atoms with van der Waals surface area (Å²) in [5, 5.41) is 20.8. The van der Waals surface area contributed by atoms with Gasteiger partial charge in [0.15, 0.2) is 18.1 Å². The van der Waals surface area contributed by atoms with E-state index in [2.05, 4.69) is 48.3 Å². The van der Waals surface area contributed by atoms with Gasteiger partial charge in [-0.25, -0.2) is 13.9 Å². The van der Waals surface area contributed by atoms with Crippen molar-refractivity contribution in [1.29, 1.82) is 0 Å². The van der Waals surface area contributed by atoms with Gasteiger partial charge in [0.05, 0.1) is 13.2 Å². The number of hydrogen-bond donors (Lipinski definition) is 5. The van der Waals surface area contributed by atoms with Gasteiger partial charge < -0.3 is 39.9 Å². The Morgan fingerprint density at radius 1 is 0.831 bits per heavy atom. The van der Waals surface area contributed by atoms with Crippen molar-refractivity contribution in [2.75, 3.05) is 25.6 Å². The number of hydrogen-bond acceptors (Lipinski definition) is 16. The molecule has 2 unspecified atom stereocenters. The molecule has 19 nitrogen and oxygen atoms in total. The number of aliphatic hydroxyl groups excluding tert-OH is 2. The van der Waals surface area contributed by atoms with E-state index < -0.39 is 83.7 Å². The summed E-state index contributed by atoms with van der Waals surface area (Å²) < 4.78 is 56.2. The molecule has 368 valence electrons. The van der Waals surface area contributed by atoms with Crippen molar-refractivity contribution < 1.29 is 71.1 Å². The number of nitrogens with zero attached hydrogens (tertiary/aromatic N) is 2. The van der Waals surface area contributed by atoms with Gasteiger partial charge in [-0.2, -0.15) is 9.29 Å². The van der Waals surface area contributed by atoms with Crippen LogP contribution in [0.4, 0.5) is 5.82 Å². The van der Waals surface area contributed by atoms with Gasteiger partial charge in [-0.15, -0.1) is 0 Å². The highest BCUT2D eigenvalue weighted by Gasteiger charge is 2.46. The highest BCUT2D eigenvalue weighted by Crippen LogP contribution is 2.60. The summed E-state index contributed by atoms with van der Waals surface area (Å²) in [5.41, 5.74) is 4.55. The standard InChI is InChI=1S/C44H71N3O16P2/c1-4-5-6-7-8-9-10-11-12-13-14-18-21-25-35(48)26-23-28-40(50)61-36(31-58-39(49)27-22-19-16-15-17-20-24-34(2)3)32-59-64(54,55)63-65(56,57)60-33-37-41(51)42(52)43(62-37)47-30-29-38(45)46-44(47)53/h8-9,11-12,14,18,21,25,29-30,34,36-37,41-43,51-52H,4-7,10,13,15-17,19-20,22-24,26-28,31-33H2,1-3H3,(H,54,55)(H,56,57)(H2,45,46,53)/b9-8-,12-11-,18-14-,25-21+/t36-,37-,41-,42-,43-/m1/s1. The van der Waals surface area contributed by atoms with Crippen LogP contribution in [0.3, 0.4) is 0 Å². The number of phosphoric ester groups is 2. The number of rotatable bonds is 35. The van der Waals surface area contributed by atoms with Crippen molar-refractivity contribution >= 4 is 39.2 Å². The Morgan fingerprint density at radius 3 is 2.20 bits per heavy atom. The number of phosphoric acid groups is 2. The molecule has 21 heteroatoms. The van der Waals surface area contributed by atoms with Crippen LogP contribution in [0.25, 0.3) is 0 Å². The molecular formula is C44H71N3O16P2. The number of anilines is 1. The number of carbonyl (C=O) groups is 3. The molecule has 1 aliphatic heterocycles. The van der Waals surface area contributed by atoms with Gasteiger partial charge >= 0.3 is 33.3 Å². The Kier molecular flexibility index (Phi) is 28.5. The Bertz CT molecular complexity index is 1850. The maximum atomic E-state index is 12.8. The number of nitrogen functional groups attached to an aromatic ring is 1. The topological polar surface area (TPSA) is 283 Å². The first-order valence-electron chi connectivity index (χ1n) is 22.5. The molecule has 0 spiro atoms. The van der Waals surface area contributed by atoms with Crippen LogP contribution in [0.15, 0.2) is 65.7 Å². The van der Waals surface area contributed by atoms with Gasteiger partial charge in [0.2, 0.25) is 0 Å². The molecule has 2 heterocycles. The lowest BCUT2D eigenvalue weighted by atomic mass is 10.0. The van der Waals surface area contributed by atoms with Gasteiger partial charge in [0.25, 0.3) is 0 Å². The summed E-state index contributed by atoms with van der Waals surface area (Å²) in [6.07, 6.45) is 21.3. The first-order chi connectivity index (χ1) is 30.9. The third kappa shape index (κ3) is 26.4. The molecule has 0 aromatic carbocycles. The molecule has 0 bridgehead atoms. The van der Waals surface area contributed by atoms with E-state index >= 15 is 0 Å². The molecule has 1 aromatic rings. The fourth-order valence-corrected chi connectivity index (χ4v) is 8.38. The fraction of sp³-hybridized carbons (Fsp3) is 0.659. The van der Waals surface area contributed by atoms with E-state index in [9.17, 15) is 48.3 Å². The molecule has 0 aliphatic carbocycles. The third-order valence-electron chi connectivity index (χ3n) is 9.82. The Morgan fingerprint density at radius 2 is 1.49 bits per heavy atom. The van der Waals surface area contributed by atoms with Crippen molar-refractivity contribution in [3.8, 4) is 0 Å². The Labute approximate surface area is 382 Å². The van der Waals surface area contributed by atoms with E-state index in [0.717, 1.165) is 55.7 Å². The number of carbonyl (C=O) groups excluding carboxylic acids is 3. The number of aliphatic hydroxyl groups is 2. The quantitative estimate of drug-likeness (QED) is 0.0112. The molecule has 2 rings (SSSR count). The fourth-order valence-electron chi connectivity index (χ4n) is 6.27. The summed E-state index contributed by atoms with van der Waals surface area (Å²) in [6, 6.07) is 1.23. The zero-order chi connectivity index (χ0) is 48.1. The van der Waals surface area contributed by atoms with Crippen molar-refractivity contribution in [2.24, 2.45) is 5.92 Å². The number of esters is 2. The number of unbranched alkanes of at least 4 members (excludes halogenated alkanes) is 8. The van der Waals surface area contributed by atoms with Crippen molar-refractivity contribution in [1.82, 2.24) is 9.55 Å². The molecular weight excluding hydrogens is 888 g/mol. The van der Waals surface area contributed by atoms with E-state index in [1.54, 1.807) is 12.2 Å². The van der Waals surface area contributed by atoms with Crippen LogP contribution >= 0.6 is 15.6 Å². The van der Waals surface area contributed by atoms with Crippen LogP contribution in [0.2, 0.25) is 0 Å². The molecule has 1 aromatic heterocycles. The predicted molar refractivity (Wildman–Crippen MR) is 243 cm³/mol. The van der Waals surface area contributed by atoms with Crippen molar-refractivity contribution in [3.05, 3.63) is 71.4 Å². The lowest BCUT2D eigenvalue weighted by Crippen LogP contribution is -2.36. The Hall–Kier alpha value is -3.61. The van der Waals surface area contributed by atoms with E-state index in [1.165, 1.54) is 37.8 Å². The molecule has 0 saturated carbocycles. The summed E-state index contributed by atoms with van der Waals surface area (Å²) in [4.78, 5) is 73.9. The summed E-state index contributed by atoms with van der Waals surface area (Å²) in [6.45, 7) is 4.03. The largest absolute Gasteiger partial charge is 0.481 e. The summed E-state index contributed by atoms with van der Waals surface area (Å²) in [5.74, 6) is -1.15. The third-order valence-corrected chi connectivity index (χ3v) is 12.4. The molecule has 0 amide bonds. The minimum atomic E-state index is -5.47. The normalized spacial score (nSPS) is 20.2. The van der Waals surface area contributed by atoms with Crippen LogP contribution < -0.4 is 11.4 Å². The number of ether oxygens (including phenoxy) is 3. The average Bonchev–Trinajstić information content (AvgIpc) is 3.51. The van der Waals surface area contributed by atoms with Crippen molar-refractivity contribution in [2.45, 2.75) is 161 Å². The summed E-state index contributed by atoms with van der Waals surface area (Å²) in [7, 11) is -10.9. The van der Waals surface area contributed by atoms with Crippen LogP contribution in [-0.4, -0.2) is 91.5 Å². The zero-order valence-corrected chi connectivity index (χ0v) is 39.7. The number of nitrogens with two attached hydrogens (primary N) is 1. The molecule has 1 fully saturated rings. The average molecular weight is 960 g/mol. The SMILES string of the molecule is CCCCC/C=C\C/C=C\C/C=C\C=C\C(=O)CCCC(=O)O[C@H](COC(=O)CCCCCCCCC(C)C)COP(=O)(O)OP(=O)(O)OC[C@H]1O[C@@H](n2ccc(N)nc2=O)[C@H](O)[C@@H]1O. The van der Waals surface area contributed by atoms with E-state index in [0.29, 0.717) is 18.8 Å². The van der Waals surface area contributed by atoms with Gasteiger partial charge in [-0.3, -0.25) is 28.0 Å². The highest BCUT2D eigenvalue weighted by molar-refractivity contribution is 7.61. The van der Waals surface area contributed by atoms with Gasteiger partial charge in [-0.05, 0) is 56.6 Å². The first-order valence-corrected chi connectivity index (χ1v) is 25.5. The minimum Gasteiger partial charge on any atom is -0.462 e. The van der Waals surface area contributed by atoms with E-state index in [-0.39, 0.29) is 37.3 Å². The second-order valence-corrected chi connectivity index (χ2v) is 19.1. The molecule has 0 radical (unpaired) electrons. The lowest BCUT2D eigenvalue weighted by molar-refractivity contribution is -0.161. The second-order valence-electron chi connectivity index (χ2n) is 16.1. The molecule has 7 atom stereocenters. The highest BCUT2D eigenvalue weighted by atomic mass is 31.3. The van der Waals surface area contributed by atoms with Crippen molar-refractivity contribution in [3.63, 3.8) is 0 Å². The smallest absolute Gasteiger partial charge is 0.462 e. The van der Waals surface area contributed by atoms with Crippen LogP contribution in [0.5, 0.6) is 0 Å². The number of ketones is 1. The number of aromatic nitrogens is 2. The molecule has 1 aliphatic rings. The Balaban J connectivity index is 1.89. The lowest BCUT2D eigenvalue weighted by Gasteiger charge is -2.21. The maximum Gasteiger partial charge on any atom is 0.481 e. The maximum absolute atomic E-state index is 12.8. The van der Waals surface area contributed by atoms with Gasteiger partial charge in [0.1, 0.15) is 30.7 Å². The molecule has 65 heavy (non-hydrogen) atoms. The number of allylic oxidation sites excluding steroid dienone is 8. The first kappa shape index (κ1) is 57.5. The van der Waals surface area contributed by atoms with E-state index in [1.807, 2.05) is 12.2 Å². The zero-order valence-electron chi connectivity index (χ0n) is 37.9. The minimum absolute atomic E-state index is 0.0168. The summed E-state index contributed by atoms with van der Waals surface area (Å²) >= 11 is 0. The van der Waals surface area contributed by atoms with Crippen LogP contribution in [0.1, 0.15) is 136 Å². The molecule has 1 saturated heterocycles.